The fourth-order valence-electron chi connectivity index (χ4n) is 2.77. The highest BCUT2D eigenvalue weighted by Gasteiger charge is 2.28. The topological polar surface area (TPSA) is 93.1 Å². The van der Waals surface area contributed by atoms with Crippen LogP contribution in [0.5, 0.6) is 11.5 Å². The first-order valence-electron chi connectivity index (χ1n) is 8.53. The van der Waals surface area contributed by atoms with Crippen molar-refractivity contribution in [2.75, 3.05) is 24.1 Å². The van der Waals surface area contributed by atoms with Crippen LogP contribution in [0.25, 0.3) is 0 Å². The van der Waals surface area contributed by atoms with E-state index >= 15 is 0 Å². The van der Waals surface area contributed by atoms with Crippen LogP contribution in [-0.2, 0) is 14.8 Å². The third-order valence-electron chi connectivity index (χ3n) is 4.23. The molecule has 1 heterocycles. The molecule has 2 aromatic carbocycles. The summed E-state index contributed by atoms with van der Waals surface area (Å²) in [5.74, 6) is -0.176. The predicted molar refractivity (Wildman–Crippen MR) is 100 cm³/mol. The highest BCUT2D eigenvalue weighted by atomic mass is 32.2. The molecule has 0 fully saturated rings. The lowest BCUT2D eigenvalue weighted by Crippen LogP contribution is -2.35. The van der Waals surface area contributed by atoms with Crippen LogP contribution < -0.4 is 13.8 Å². The van der Waals surface area contributed by atoms with Crippen molar-refractivity contribution in [1.29, 1.82) is 0 Å². The van der Waals surface area contributed by atoms with E-state index in [1.165, 1.54) is 18.2 Å². The van der Waals surface area contributed by atoms with Gasteiger partial charge < -0.3 is 14.6 Å². The Morgan fingerprint density at radius 1 is 1.07 bits per heavy atom. The third kappa shape index (κ3) is 4.00. The lowest BCUT2D eigenvalue weighted by molar-refractivity contribution is -0.135. The predicted octanol–water partition coefficient (Wildman–Crippen LogP) is 2.86. The zero-order valence-electron chi connectivity index (χ0n) is 15.1. The quantitative estimate of drug-likeness (QED) is 0.814. The normalized spacial score (nSPS) is 13.4. The Morgan fingerprint density at radius 2 is 1.70 bits per heavy atom. The van der Waals surface area contributed by atoms with Gasteiger partial charge in [-0.3, -0.25) is 9.10 Å². The van der Waals surface area contributed by atoms with Crippen molar-refractivity contribution >= 4 is 21.7 Å². The molecule has 0 aliphatic carbocycles. The molecule has 144 valence electrons. The molecule has 7 nitrogen and oxygen atoms in total. The number of sulfonamides is 1. The maximum absolute atomic E-state index is 13.1. The van der Waals surface area contributed by atoms with Gasteiger partial charge in [0.25, 0.3) is 10.0 Å². The van der Waals surface area contributed by atoms with Gasteiger partial charge in [-0.05, 0) is 35.7 Å². The molecule has 0 saturated heterocycles. The standard InChI is InChI=1S/C19H21NO6S/c1-13(2)14-3-5-15(6-4-14)20(12-19(21)22)27(23,24)16-7-8-17-18(11-16)26-10-9-25-17/h3-8,11,13H,9-10,12H2,1-2H3,(H,21,22). The van der Waals surface area contributed by atoms with E-state index in [1.54, 1.807) is 24.3 Å². The molecule has 0 unspecified atom stereocenters. The monoisotopic (exact) mass is 391 g/mol. The maximum atomic E-state index is 13.1. The van der Waals surface area contributed by atoms with Gasteiger partial charge in [0.2, 0.25) is 0 Å². The first kappa shape index (κ1) is 19.0. The van der Waals surface area contributed by atoms with Crippen LogP contribution >= 0.6 is 0 Å². The molecule has 27 heavy (non-hydrogen) atoms. The van der Waals surface area contributed by atoms with E-state index in [9.17, 15) is 18.3 Å². The van der Waals surface area contributed by atoms with Gasteiger partial charge in [-0.25, -0.2) is 8.42 Å². The second kappa shape index (κ2) is 7.48. The number of hydrogen-bond donors (Lipinski definition) is 1. The minimum atomic E-state index is -4.10. The van der Waals surface area contributed by atoms with E-state index < -0.39 is 22.5 Å². The second-order valence-electron chi connectivity index (χ2n) is 6.46. The number of benzene rings is 2. The minimum absolute atomic E-state index is 0.0547. The number of ether oxygens (including phenoxy) is 2. The zero-order chi connectivity index (χ0) is 19.6. The van der Waals surface area contributed by atoms with Crippen molar-refractivity contribution in [2.45, 2.75) is 24.7 Å². The Morgan fingerprint density at radius 3 is 2.30 bits per heavy atom. The fraction of sp³-hybridized carbons (Fsp3) is 0.316. The lowest BCUT2D eigenvalue weighted by Gasteiger charge is -2.24. The number of nitrogens with zero attached hydrogens (tertiary/aromatic N) is 1. The molecule has 2 aromatic rings. The average molecular weight is 391 g/mol. The summed E-state index contributed by atoms with van der Waals surface area (Å²) in [6.45, 7) is 4.09. The van der Waals surface area contributed by atoms with E-state index in [1.807, 2.05) is 13.8 Å². The van der Waals surface area contributed by atoms with Crippen molar-refractivity contribution in [2.24, 2.45) is 0 Å². The number of carboxylic acid groups (broad SMARTS) is 1. The Balaban J connectivity index is 2.01. The number of hydrogen-bond acceptors (Lipinski definition) is 5. The average Bonchev–Trinajstić information content (AvgIpc) is 2.65. The molecular formula is C19H21NO6S. The van der Waals surface area contributed by atoms with Gasteiger partial charge in [-0.1, -0.05) is 26.0 Å². The summed E-state index contributed by atoms with van der Waals surface area (Å²) < 4.78 is 38.0. The fourth-order valence-corrected chi connectivity index (χ4v) is 4.20. The molecule has 0 saturated carbocycles. The van der Waals surface area contributed by atoms with E-state index in [2.05, 4.69) is 0 Å². The van der Waals surface area contributed by atoms with Gasteiger partial charge >= 0.3 is 5.97 Å². The van der Waals surface area contributed by atoms with Crippen LogP contribution in [0.4, 0.5) is 5.69 Å². The number of rotatable bonds is 6. The molecule has 0 spiro atoms. The third-order valence-corrected chi connectivity index (χ3v) is 6.00. The molecule has 0 atom stereocenters. The first-order chi connectivity index (χ1) is 12.8. The molecular weight excluding hydrogens is 370 g/mol. The summed E-state index contributed by atoms with van der Waals surface area (Å²) in [6, 6.07) is 11.1. The zero-order valence-corrected chi connectivity index (χ0v) is 15.9. The summed E-state index contributed by atoms with van der Waals surface area (Å²) in [5, 5.41) is 9.24. The number of fused-ring (bicyclic) bond motifs is 1. The Kier molecular flexibility index (Phi) is 5.27. The van der Waals surface area contributed by atoms with Gasteiger partial charge in [0, 0.05) is 6.07 Å². The van der Waals surface area contributed by atoms with E-state index in [4.69, 9.17) is 9.47 Å². The number of aliphatic carboxylic acids is 1. The molecule has 1 aliphatic heterocycles. The Labute approximate surface area is 158 Å². The highest BCUT2D eigenvalue weighted by Crippen LogP contribution is 2.34. The highest BCUT2D eigenvalue weighted by molar-refractivity contribution is 7.92. The van der Waals surface area contributed by atoms with Crippen LogP contribution in [0, 0.1) is 0 Å². The molecule has 3 rings (SSSR count). The summed E-state index contributed by atoms with van der Waals surface area (Å²) in [7, 11) is -4.10. The molecule has 0 radical (unpaired) electrons. The number of carboxylic acids is 1. The molecule has 1 aliphatic rings. The Bertz CT molecular complexity index is 937. The van der Waals surface area contributed by atoms with Gasteiger partial charge in [0.1, 0.15) is 19.8 Å². The number of carbonyl (C=O) groups is 1. The van der Waals surface area contributed by atoms with Crippen LogP contribution in [0.3, 0.4) is 0 Å². The smallest absolute Gasteiger partial charge is 0.324 e. The van der Waals surface area contributed by atoms with Crippen LogP contribution in [0.15, 0.2) is 47.4 Å². The van der Waals surface area contributed by atoms with Crippen molar-refractivity contribution in [3.63, 3.8) is 0 Å². The molecule has 0 bridgehead atoms. The van der Waals surface area contributed by atoms with Crippen LogP contribution in [0.2, 0.25) is 0 Å². The van der Waals surface area contributed by atoms with E-state index in [-0.39, 0.29) is 16.5 Å². The van der Waals surface area contributed by atoms with Crippen LogP contribution in [0.1, 0.15) is 25.3 Å². The minimum Gasteiger partial charge on any atom is -0.486 e. The van der Waals surface area contributed by atoms with Crippen molar-refractivity contribution in [3.05, 3.63) is 48.0 Å². The maximum Gasteiger partial charge on any atom is 0.324 e. The summed E-state index contributed by atoms with van der Waals surface area (Å²) in [5.41, 5.74) is 1.32. The van der Waals surface area contributed by atoms with Gasteiger partial charge in [-0.15, -0.1) is 0 Å². The molecule has 0 aromatic heterocycles. The van der Waals surface area contributed by atoms with Gasteiger partial charge in [-0.2, -0.15) is 0 Å². The summed E-state index contributed by atoms with van der Waals surface area (Å²) in [6.07, 6.45) is 0. The SMILES string of the molecule is CC(C)c1ccc(N(CC(=O)O)S(=O)(=O)c2ccc3c(c2)OCCO3)cc1. The summed E-state index contributed by atoms with van der Waals surface area (Å²) >= 11 is 0. The van der Waals surface area contributed by atoms with Crippen molar-refractivity contribution < 1.29 is 27.8 Å². The van der Waals surface area contributed by atoms with E-state index in [0.717, 1.165) is 9.87 Å². The largest absolute Gasteiger partial charge is 0.486 e. The Hall–Kier alpha value is -2.74. The van der Waals surface area contributed by atoms with Crippen LogP contribution in [-0.4, -0.2) is 39.3 Å². The van der Waals surface area contributed by atoms with Gasteiger partial charge in [0.05, 0.1) is 10.6 Å². The first-order valence-corrected chi connectivity index (χ1v) is 9.97. The lowest BCUT2D eigenvalue weighted by atomic mass is 10.0. The second-order valence-corrected chi connectivity index (χ2v) is 8.32. The molecule has 0 amide bonds. The van der Waals surface area contributed by atoms with Crippen molar-refractivity contribution in [1.82, 2.24) is 0 Å². The summed E-state index contributed by atoms with van der Waals surface area (Å²) in [4.78, 5) is 11.3. The molecule has 8 heteroatoms. The van der Waals surface area contributed by atoms with E-state index in [0.29, 0.717) is 24.7 Å². The number of anilines is 1. The van der Waals surface area contributed by atoms with Crippen molar-refractivity contribution in [3.8, 4) is 11.5 Å². The van der Waals surface area contributed by atoms with Gasteiger partial charge in [0.15, 0.2) is 11.5 Å². The molecule has 1 N–H and O–H groups in total.